The van der Waals surface area contributed by atoms with Crippen LogP contribution >= 0.6 is 0 Å². The van der Waals surface area contributed by atoms with Crippen molar-refractivity contribution in [3.8, 4) is 5.75 Å². The van der Waals surface area contributed by atoms with Gasteiger partial charge in [0.05, 0.1) is 12.8 Å². The third kappa shape index (κ3) is 3.59. The highest BCUT2D eigenvalue weighted by Crippen LogP contribution is 2.12. The summed E-state index contributed by atoms with van der Waals surface area (Å²) in [7, 11) is 1.67. The number of rotatable bonds is 4. The van der Waals surface area contributed by atoms with E-state index in [0.29, 0.717) is 0 Å². The van der Waals surface area contributed by atoms with Crippen LogP contribution in [-0.4, -0.2) is 12.1 Å². The lowest BCUT2D eigenvalue weighted by molar-refractivity contribution is 0.415. The first kappa shape index (κ1) is 12.1. The Morgan fingerprint density at radius 3 is 2.39 bits per heavy atom. The van der Waals surface area contributed by atoms with Crippen LogP contribution in [0.25, 0.3) is 12.2 Å². The summed E-state index contributed by atoms with van der Waals surface area (Å²) < 4.78 is 5.11. The predicted octanol–water partition coefficient (Wildman–Crippen LogP) is 3.82. The van der Waals surface area contributed by atoms with Gasteiger partial charge in [-0.15, -0.1) is 0 Å². The van der Waals surface area contributed by atoms with E-state index in [9.17, 15) is 0 Å². The molecule has 0 fully saturated rings. The van der Waals surface area contributed by atoms with Gasteiger partial charge in [-0.05, 0) is 35.9 Å². The third-order valence-electron chi connectivity index (χ3n) is 2.47. The number of methoxy groups -OCH3 is 1. The molecule has 0 atom stereocenters. The number of hydrogen-bond donors (Lipinski definition) is 0. The highest BCUT2D eigenvalue weighted by molar-refractivity contribution is 5.56. The van der Waals surface area contributed by atoms with E-state index in [-0.39, 0.29) is 0 Å². The van der Waals surface area contributed by atoms with Crippen molar-refractivity contribution < 1.29 is 4.74 Å². The first-order valence-corrected chi connectivity index (χ1v) is 5.78. The number of pyridine rings is 1. The molecule has 90 valence electrons. The van der Waals surface area contributed by atoms with Gasteiger partial charge in [-0.3, -0.25) is 4.98 Å². The smallest absolute Gasteiger partial charge is 0.118 e. The summed E-state index contributed by atoms with van der Waals surface area (Å²) in [6, 6.07) is 13.8. The standard InChI is InChI=1S/C16H15NO/c1-18-16-11-9-14(10-12-16)6-2-3-7-15-8-4-5-13-17-15/h2-13H,1H3/b6-2-,7-3-. The van der Waals surface area contributed by atoms with Crippen LogP contribution in [0.4, 0.5) is 0 Å². The summed E-state index contributed by atoms with van der Waals surface area (Å²) in [5, 5.41) is 0. The van der Waals surface area contributed by atoms with Crippen LogP contribution in [-0.2, 0) is 0 Å². The Hall–Kier alpha value is -2.35. The molecule has 2 aromatic rings. The Balaban J connectivity index is 1.96. The summed E-state index contributed by atoms with van der Waals surface area (Å²) >= 11 is 0. The Morgan fingerprint density at radius 1 is 0.944 bits per heavy atom. The third-order valence-corrected chi connectivity index (χ3v) is 2.47. The minimum absolute atomic E-state index is 0.871. The number of nitrogens with zero attached hydrogens (tertiary/aromatic N) is 1. The molecular formula is C16H15NO. The Kier molecular flexibility index (Phi) is 4.31. The zero-order valence-corrected chi connectivity index (χ0v) is 10.3. The van der Waals surface area contributed by atoms with Crippen molar-refractivity contribution in [1.29, 1.82) is 0 Å². The first-order valence-electron chi connectivity index (χ1n) is 5.78. The average Bonchev–Trinajstić information content (AvgIpc) is 2.45. The van der Waals surface area contributed by atoms with Gasteiger partial charge in [-0.1, -0.05) is 36.4 Å². The van der Waals surface area contributed by atoms with Gasteiger partial charge in [0, 0.05) is 6.20 Å². The zero-order chi connectivity index (χ0) is 12.6. The summed E-state index contributed by atoms with van der Waals surface area (Å²) in [6.07, 6.45) is 9.77. The highest BCUT2D eigenvalue weighted by Gasteiger charge is 1.88. The van der Waals surface area contributed by atoms with E-state index in [2.05, 4.69) is 4.98 Å². The Morgan fingerprint density at radius 2 is 1.72 bits per heavy atom. The van der Waals surface area contributed by atoms with Gasteiger partial charge in [0.25, 0.3) is 0 Å². The molecule has 0 N–H and O–H groups in total. The van der Waals surface area contributed by atoms with Crippen molar-refractivity contribution in [3.63, 3.8) is 0 Å². The summed E-state index contributed by atoms with van der Waals surface area (Å²) in [5.41, 5.74) is 2.10. The van der Waals surface area contributed by atoms with Crippen molar-refractivity contribution in [3.05, 3.63) is 72.1 Å². The molecule has 1 heterocycles. The molecule has 1 aromatic heterocycles. The Bertz CT molecular complexity index is 527. The van der Waals surface area contributed by atoms with Gasteiger partial charge < -0.3 is 4.74 Å². The normalized spacial score (nSPS) is 11.2. The topological polar surface area (TPSA) is 22.1 Å². The molecule has 0 saturated heterocycles. The summed E-state index contributed by atoms with van der Waals surface area (Å²) in [6.45, 7) is 0. The maximum Gasteiger partial charge on any atom is 0.118 e. The molecule has 0 aliphatic rings. The van der Waals surface area contributed by atoms with E-state index >= 15 is 0 Å². The molecule has 0 radical (unpaired) electrons. The van der Waals surface area contributed by atoms with Gasteiger partial charge in [0.15, 0.2) is 0 Å². The quantitative estimate of drug-likeness (QED) is 0.754. The molecule has 2 rings (SSSR count). The first-order chi connectivity index (χ1) is 8.88. The zero-order valence-electron chi connectivity index (χ0n) is 10.3. The van der Waals surface area contributed by atoms with E-state index in [0.717, 1.165) is 17.0 Å². The number of aromatic nitrogens is 1. The van der Waals surface area contributed by atoms with Crippen molar-refractivity contribution in [2.45, 2.75) is 0 Å². The largest absolute Gasteiger partial charge is 0.497 e. The van der Waals surface area contributed by atoms with Crippen LogP contribution in [0, 0.1) is 0 Å². The lowest BCUT2D eigenvalue weighted by Crippen LogP contribution is -1.81. The highest BCUT2D eigenvalue weighted by atomic mass is 16.5. The van der Waals surface area contributed by atoms with Crippen molar-refractivity contribution >= 4 is 12.2 Å². The van der Waals surface area contributed by atoms with Crippen molar-refractivity contribution in [1.82, 2.24) is 4.98 Å². The molecule has 2 nitrogen and oxygen atoms in total. The van der Waals surface area contributed by atoms with Crippen LogP contribution in [0.2, 0.25) is 0 Å². The molecule has 1 aromatic carbocycles. The monoisotopic (exact) mass is 237 g/mol. The Labute approximate surface area is 107 Å². The fourth-order valence-corrected chi connectivity index (χ4v) is 1.51. The van der Waals surface area contributed by atoms with Gasteiger partial charge in [0.2, 0.25) is 0 Å². The SMILES string of the molecule is COc1ccc(/C=C\C=C/c2ccccn2)cc1. The second-order valence-corrected chi connectivity index (χ2v) is 3.75. The van der Waals surface area contributed by atoms with Crippen LogP contribution in [0.15, 0.2) is 60.8 Å². The van der Waals surface area contributed by atoms with Gasteiger partial charge in [-0.25, -0.2) is 0 Å². The maximum atomic E-state index is 5.11. The lowest BCUT2D eigenvalue weighted by Gasteiger charge is -1.98. The summed E-state index contributed by atoms with van der Waals surface area (Å²) in [4.78, 5) is 4.21. The molecule has 18 heavy (non-hydrogen) atoms. The van der Waals surface area contributed by atoms with E-state index in [1.165, 1.54) is 0 Å². The second kappa shape index (κ2) is 6.40. The minimum atomic E-state index is 0.871. The number of benzene rings is 1. The molecule has 0 saturated carbocycles. The number of hydrogen-bond acceptors (Lipinski definition) is 2. The van der Waals surface area contributed by atoms with E-state index in [4.69, 9.17) is 4.74 Å². The molecule has 0 aliphatic heterocycles. The van der Waals surface area contributed by atoms with E-state index in [1.807, 2.05) is 66.8 Å². The van der Waals surface area contributed by atoms with Crippen LogP contribution in [0.5, 0.6) is 5.75 Å². The van der Waals surface area contributed by atoms with Crippen molar-refractivity contribution in [2.75, 3.05) is 7.11 Å². The van der Waals surface area contributed by atoms with Gasteiger partial charge in [-0.2, -0.15) is 0 Å². The molecule has 0 amide bonds. The maximum absolute atomic E-state index is 5.11. The van der Waals surface area contributed by atoms with Gasteiger partial charge >= 0.3 is 0 Å². The molecule has 0 unspecified atom stereocenters. The van der Waals surface area contributed by atoms with Crippen LogP contribution in [0.1, 0.15) is 11.3 Å². The fraction of sp³-hybridized carbons (Fsp3) is 0.0625. The lowest BCUT2D eigenvalue weighted by atomic mass is 10.2. The fourth-order valence-electron chi connectivity index (χ4n) is 1.51. The van der Waals surface area contributed by atoms with Crippen molar-refractivity contribution in [2.24, 2.45) is 0 Å². The van der Waals surface area contributed by atoms with E-state index in [1.54, 1.807) is 13.3 Å². The molecule has 0 spiro atoms. The summed E-state index contributed by atoms with van der Waals surface area (Å²) in [5.74, 6) is 0.871. The molecule has 0 aliphatic carbocycles. The number of ether oxygens (including phenoxy) is 1. The van der Waals surface area contributed by atoms with E-state index < -0.39 is 0 Å². The van der Waals surface area contributed by atoms with Crippen LogP contribution in [0.3, 0.4) is 0 Å². The van der Waals surface area contributed by atoms with Gasteiger partial charge in [0.1, 0.15) is 5.75 Å². The second-order valence-electron chi connectivity index (χ2n) is 3.75. The molecule has 2 heteroatoms. The minimum Gasteiger partial charge on any atom is -0.497 e. The predicted molar refractivity (Wildman–Crippen MR) is 75.3 cm³/mol. The molecular weight excluding hydrogens is 222 g/mol. The average molecular weight is 237 g/mol. The molecule has 0 bridgehead atoms. The van der Waals surface area contributed by atoms with Crippen LogP contribution < -0.4 is 4.74 Å². The number of allylic oxidation sites excluding steroid dienone is 2.